The fraction of sp³-hybridized carbons (Fsp3) is 0.750. The van der Waals surface area contributed by atoms with Crippen molar-refractivity contribution >= 4 is 29.6 Å². The molecule has 4 aliphatic rings. The zero-order chi connectivity index (χ0) is 27.0. The van der Waals surface area contributed by atoms with Gasteiger partial charge >= 0.3 is 17.9 Å². The van der Waals surface area contributed by atoms with Gasteiger partial charge < -0.3 is 20.3 Å². The van der Waals surface area contributed by atoms with Crippen molar-refractivity contribution in [1.82, 2.24) is 5.32 Å². The number of allylic oxidation sites excluding steroid dienone is 1. The third-order valence-electron chi connectivity index (χ3n) is 9.99. The van der Waals surface area contributed by atoms with Crippen molar-refractivity contribution in [3.8, 4) is 0 Å². The number of aliphatic carboxylic acids is 2. The van der Waals surface area contributed by atoms with Crippen LogP contribution < -0.4 is 5.32 Å². The molecule has 3 N–H and O–H groups in total. The minimum Gasteiger partial charge on any atom is -0.481 e. The van der Waals surface area contributed by atoms with Gasteiger partial charge in [-0.1, -0.05) is 19.4 Å². The summed E-state index contributed by atoms with van der Waals surface area (Å²) in [4.78, 5) is 58.9. The van der Waals surface area contributed by atoms with Crippen LogP contribution >= 0.6 is 0 Å². The molecule has 3 saturated carbocycles. The highest BCUT2D eigenvalue weighted by atomic mass is 16.5. The fourth-order valence-corrected chi connectivity index (χ4v) is 7.93. The minimum absolute atomic E-state index is 0.0958. The Hall–Kier alpha value is -2.71. The Morgan fingerprint density at radius 3 is 2.46 bits per heavy atom. The molecule has 1 amide bonds. The summed E-state index contributed by atoms with van der Waals surface area (Å²) in [6, 6.07) is -1.31. The first-order chi connectivity index (χ1) is 17.4. The van der Waals surface area contributed by atoms with E-state index in [0.717, 1.165) is 44.9 Å². The zero-order valence-corrected chi connectivity index (χ0v) is 21.8. The predicted octanol–water partition coefficient (Wildman–Crippen LogP) is 3.64. The molecule has 204 valence electrons. The van der Waals surface area contributed by atoms with Gasteiger partial charge in [-0.05, 0) is 80.6 Å². The fourth-order valence-electron chi connectivity index (χ4n) is 7.93. The Kier molecular flexibility index (Phi) is 7.81. The van der Waals surface area contributed by atoms with Gasteiger partial charge in [0, 0.05) is 24.7 Å². The molecule has 3 fully saturated rings. The SMILES string of the molecule is C[C@]12CC[C@H]3[C@@H](CCC4=CC(=O)CC[C@@]43C)[C@@H]1CC[C@@H]2OC(=O)CCC(=O)N[C@@H](CCC(=O)O)C(=O)O. The van der Waals surface area contributed by atoms with Crippen molar-refractivity contribution in [2.45, 2.75) is 103 Å². The predicted molar refractivity (Wildman–Crippen MR) is 132 cm³/mol. The smallest absolute Gasteiger partial charge is 0.326 e. The topological polar surface area (TPSA) is 147 Å². The number of hydrogen-bond donors (Lipinski definition) is 3. The Morgan fingerprint density at radius 2 is 1.76 bits per heavy atom. The Labute approximate surface area is 217 Å². The number of ether oxygens (including phenoxy) is 1. The van der Waals surface area contributed by atoms with Gasteiger partial charge in [-0.2, -0.15) is 0 Å². The van der Waals surface area contributed by atoms with E-state index in [0.29, 0.717) is 24.2 Å². The number of esters is 1. The van der Waals surface area contributed by atoms with Crippen LogP contribution in [-0.4, -0.2) is 52.0 Å². The lowest BCUT2D eigenvalue weighted by atomic mass is 9.47. The number of fused-ring (bicyclic) bond motifs is 5. The number of nitrogens with one attached hydrogen (secondary N) is 1. The molecule has 0 radical (unpaired) electrons. The van der Waals surface area contributed by atoms with Gasteiger partial charge in [0.05, 0.1) is 6.42 Å². The highest BCUT2D eigenvalue weighted by Gasteiger charge is 2.59. The normalized spacial score (nSPS) is 35.3. The number of carbonyl (C=O) groups excluding carboxylic acids is 3. The van der Waals surface area contributed by atoms with Gasteiger partial charge in [0.1, 0.15) is 12.1 Å². The second-order valence-electron chi connectivity index (χ2n) is 12.0. The number of ketones is 1. The first kappa shape index (κ1) is 27.3. The number of amides is 1. The Bertz CT molecular complexity index is 1000. The summed E-state index contributed by atoms with van der Waals surface area (Å²) in [5.74, 6) is -1.70. The average molecular weight is 518 g/mol. The van der Waals surface area contributed by atoms with Gasteiger partial charge in [0.2, 0.25) is 5.91 Å². The van der Waals surface area contributed by atoms with Crippen molar-refractivity contribution < 1.29 is 38.9 Å². The molecule has 9 heteroatoms. The van der Waals surface area contributed by atoms with E-state index in [1.54, 1.807) is 0 Å². The minimum atomic E-state index is -1.31. The second-order valence-corrected chi connectivity index (χ2v) is 12.0. The van der Waals surface area contributed by atoms with Crippen molar-refractivity contribution in [2.24, 2.45) is 28.6 Å². The largest absolute Gasteiger partial charge is 0.481 e. The zero-order valence-electron chi connectivity index (χ0n) is 21.8. The maximum Gasteiger partial charge on any atom is 0.326 e. The molecular formula is C28H39NO8. The standard InChI is InChI=1S/C28H39NO8/c1-27-13-11-17(30)15-16(27)3-4-18-19-5-7-22(28(19,2)14-12-20(18)27)37-25(34)10-8-23(31)29-21(26(35)36)6-9-24(32)33/h15,18-22H,3-14H2,1-2H3,(H,29,31)(H,32,33)(H,35,36)/t18-,19-,20-,21-,22-,27-,28-/m0/s1. The number of carboxylic acids is 2. The van der Waals surface area contributed by atoms with E-state index in [1.807, 2.05) is 6.08 Å². The van der Waals surface area contributed by atoms with E-state index in [-0.39, 0.29) is 48.4 Å². The maximum atomic E-state index is 12.7. The van der Waals surface area contributed by atoms with E-state index in [4.69, 9.17) is 9.84 Å². The molecule has 9 nitrogen and oxygen atoms in total. The van der Waals surface area contributed by atoms with Crippen LogP contribution in [0.3, 0.4) is 0 Å². The van der Waals surface area contributed by atoms with Gasteiger partial charge in [-0.15, -0.1) is 0 Å². The van der Waals surface area contributed by atoms with Crippen LogP contribution in [0.1, 0.15) is 90.9 Å². The molecule has 0 spiro atoms. The van der Waals surface area contributed by atoms with Crippen LogP contribution in [0, 0.1) is 28.6 Å². The molecule has 4 aliphatic carbocycles. The molecule has 0 aromatic heterocycles. The molecular weight excluding hydrogens is 478 g/mol. The monoisotopic (exact) mass is 517 g/mol. The van der Waals surface area contributed by atoms with E-state index < -0.39 is 29.9 Å². The average Bonchev–Trinajstić information content (AvgIpc) is 3.16. The summed E-state index contributed by atoms with van der Waals surface area (Å²) in [5, 5.41) is 20.2. The van der Waals surface area contributed by atoms with Gasteiger partial charge in [0.15, 0.2) is 5.78 Å². The van der Waals surface area contributed by atoms with E-state index in [2.05, 4.69) is 19.2 Å². The number of carbonyl (C=O) groups is 5. The van der Waals surface area contributed by atoms with Crippen LogP contribution in [0.15, 0.2) is 11.6 Å². The lowest BCUT2D eigenvalue weighted by Gasteiger charge is -2.57. The Morgan fingerprint density at radius 1 is 1.00 bits per heavy atom. The number of rotatable bonds is 9. The van der Waals surface area contributed by atoms with Gasteiger partial charge in [-0.3, -0.25) is 19.2 Å². The van der Waals surface area contributed by atoms with E-state index in [1.165, 1.54) is 5.57 Å². The highest BCUT2D eigenvalue weighted by Crippen LogP contribution is 2.65. The van der Waals surface area contributed by atoms with Gasteiger partial charge in [0.25, 0.3) is 0 Å². The molecule has 0 bridgehead atoms. The van der Waals surface area contributed by atoms with E-state index in [9.17, 15) is 29.1 Å². The van der Waals surface area contributed by atoms with Crippen molar-refractivity contribution in [1.29, 1.82) is 0 Å². The molecule has 4 rings (SSSR count). The van der Waals surface area contributed by atoms with Gasteiger partial charge in [-0.25, -0.2) is 4.79 Å². The molecule has 7 atom stereocenters. The summed E-state index contributed by atoms with van der Waals surface area (Å²) in [6.07, 6.45) is 8.20. The molecule has 0 aliphatic heterocycles. The lowest BCUT2D eigenvalue weighted by molar-refractivity contribution is -0.160. The number of carboxylic acid groups (broad SMARTS) is 2. The van der Waals surface area contributed by atoms with Crippen LogP contribution in [0.4, 0.5) is 0 Å². The molecule has 37 heavy (non-hydrogen) atoms. The van der Waals surface area contributed by atoms with Crippen LogP contribution in [0.2, 0.25) is 0 Å². The van der Waals surface area contributed by atoms with Crippen molar-refractivity contribution in [3.63, 3.8) is 0 Å². The van der Waals surface area contributed by atoms with Crippen molar-refractivity contribution in [3.05, 3.63) is 11.6 Å². The van der Waals surface area contributed by atoms with E-state index >= 15 is 0 Å². The third kappa shape index (κ3) is 5.46. The maximum absolute atomic E-state index is 12.7. The summed E-state index contributed by atoms with van der Waals surface area (Å²) < 4.78 is 5.92. The molecule has 0 saturated heterocycles. The Balaban J connectivity index is 1.31. The lowest BCUT2D eigenvalue weighted by Crippen LogP contribution is -2.51. The molecule has 0 aromatic carbocycles. The van der Waals surface area contributed by atoms with Crippen LogP contribution in [0.25, 0.3) is 0 Å². The van der Waals surface area contributed by atoms with Crippen molar-refractivity contribution in [2.75, 3.05) is 0 Å². The highest BCUT2D eigenvalue weighted by molar-refractivity contribution is 5.91. The van der Waals surface area contributed by atoms with Crippen LogP contribution in [-0.2, 0) is 28.7 Å². The first-order valence-corrected chi connectivity index (χ1v) is 13.6. The summed E-state index contributed by atoms with van der Waals surface area (Å²) in [5.41, 5.74) is 1.33. The molecule has 0 unspecified atom stereocenters. The summed E-state index contributed by atoms with van der Waals surface area (Å²) >= 11 is 0. The second kappa shape index (κ2) is 10.6. The summed E-state index contributed by atoms with van der Waals surface area (Å²) in [6.45, 7) is 4.59. The number of hydrogen-bond acceptors (Lipinski definition) is 6. The van der Waals surface area contributed by atoms with Crippen LogP contribution in [0.5, 0.6) is 0 Å². The third-order valence-corrected chi connectivity index (χ3v) is 9.99. The molecule has 0 aromatic rings. The molecule has 0 heterocycles. The summed E-state index contributed by atoms with van der Waals surface area (Å²) in [7, 11) is 0. The first-order valence-electron chi connectivity index (χ1n) is 13.6. The quantitative estimate of drug-likeness (QED) is 0.393.